The van der Waals surface area contributed by atoms with Crippen molar-refractivity contribution < 1.29 is 33.3 Å². The average molecular weight is 468 g/mol. The zero-order valence-corrected chi connectivity index (χ0v) is 19.9. The second-order valence-corrected chi connectivity index (χ2v) is 8.41. The number of carbonyl (C=O) groups excluding carboxylic acids is 2. The summed E-state index contributed by atoms with van der Waals surface area (Å²) in [6.45, 7) is 3.68. The van der Waals surface area contributed by atoms with E-state index in [0.29, 0.717) is 45.8 Å². The number of amides is 1. The first kappa shape index (κ1) is 23.5. The fourth-order valence-corrected chi connectivity index (χ4v) is 4.09. The molecule has 8 heteroatoms. The minimum Gasteiger partial charge on any atom is -0.493 e. The first-order chi connectivity index (χ1) is 16.4. The van der Waals surface area contributed by atoms with E-state index in [4.69, 9.17) is 23.7 Å². The van der Waals surface area contributed by atoms with Crippen molar-refractivity contribution in [3.05, 3.63) is 47.2 Å². The lowest BCUT2D eigenvalue weighted by Gasteiger charge is -2.30. The van der Waals surface area contributed by atoms with Gasteiger partial charge >= 0.3 is 0 Å². The van der Waals surface area contributed by atoms with Crippen LogP contribution in [0.5, 0.6) is 28.7 Å². The summed E-state index contributed by atoms with van der Waals surface area (Å²) in [6, 6.07) is 8.42. The minimum atomic E-state index is -0.242. The van der Waals surface area contributed by atoms with E-state index in [0.717, 1.165) is 25.9 Å². The maximum atomic E-state index is 12.9. The van der Waals surface area contributed by atoms with Gasteiger partial charge in [-0.3, -0.25) is 9.59 Å². The van der Waals surface area contributed by atoms with E-state index in [1.807, 2.05) is 4.90 Å². The first-order valence-corrected chi connectivity index (χ1v) is 11.2. The molecular formula is C26H29NO7. The Hall–Kier alpha value is -3.68. The van der Waals surface area contributed by atoms with Crippen LogP contribution in [0.3, 0.4) is 0 Å². The summed E-state index contributed by atoms with van der Waals surface area (Å²) in [4.78, 5) is 27.1. The number of fused-ring (bicyclic) bond motifs is 1. The third-order valence-electron chi connectivity index (χ3n) is 6.12. The van der Waals surface area contributed by atoms with Crippen molar-refractivity contribution in [2.24, 2.45) is 5.92 Å². The van der Waals surface area contributed by atoms with Crippen molar-refractivity contribution in [3.63, 3.8) is 0 Å². The standard InChI is InChI=1S/C26H29NO7/c1-16-7-9-27(10-8-16)24(28)15-33-18-5-6-19-20(14-18)34-21(25(19)29)11-17-12-22(30-2)26(32-4)23(13-17)31-3/h5-6,11-14,16H,7-10,15H2,1-4H3. The summed E-state index contributed by atoms with van der Waals surface area (Å²) in [7, 11) is 4.58. The van der Waals surface area contributed by atoms with E-state index in [2.05, 4.69) is 6.92 Å². The van der Waals surface area contributed by atoms with Gasteiger partial charge in [0, 0.05) is 19.2 Å². The molecule has 8 nitrogen and oxygen atoms in total. The van der Waals surface area contributed by atoms with Crippen LogP contribution in [-0.4, -0.2) is 57.6 Å². The van der Waals surface area contributed by atoms with Gasteiger partial charge in [-0.25, -0.2) is 0 Å². The van der Waals surface area contributed by atoms with Crippen molar-refractivity contribution in [1.82, 2.24) is 4.90 Å². The number of rotatable bonds is 7. The van der Waals surface area contributed by atoms with Gasteiger partial charge in [-0.1, -0.05) is 6.92 Å². The number of allylic oxidation sites excluding steroid dienone is 1. The van der Waals surface area contributed by atoms with Crippen LogP contribution in [-0.2, 0) is 4.79 Å². The number of likely N-dealkylation sites (tertiary alicyclic amines) is 1. The van der Waals surface area contributed by atoms with E-state index < -0.39 is 0 Å². The van der Waals surface area contributed by atoms with E-state index in [9.17, 15) is 9.59 Å². The molecule has 2 aromatic rings. The summed E-state index contributed by atoms with van der Waals surface area (Å²) >= 11 is 0. The molecule has 4 rings (SSSR count). The molecule has 180 valence electrons. The van der Waals surface area contributed by atoms with Crippen molar-refractivity contribution >= 4 is 17.8 Å². The normalized spacial score (nSPS) is 16.8. The van der Waals surface area contributed by atoms with E-state index >= 15 is 0 Å². The third kappa shape index (κ3) is 4.81. The minimum absolute atomic E-state index is 0.0348. The smallest absolute Gasteiger partial charge is 0.260 e. The molecule has 2 aliphatic rings. The number of piperidine rings is 1. The number of hydrogen-bond donors (Lipinski definition) is 0. The quantitative estimate of drug-likeness (QED) is 0.570. The van der Waals surface area contributed by atoms with Crippen LogP contribution < -0.4 is 23.7 Å². The summed E-state index contributed by atoms with van der Waals surface area (Å²) in [6.07, 6.45) is 3.65. The highest BCUT2D eigenvalue weighted by Gasteiger charge is 2.28. The lowest BCUT2D eigenvalue weighted by Crippen LogP contribution is -2.40. The zero-order chi connectivity index (χ0) is 24.2. The molecule has 0 radical (unpaired) electrons. The number of nitrogens with zero attached hydrogens (tertiary/aromatic N) is 1. The number of Topliss-reactive ketones (excluding diaryl/α,β-unsaturated/α-hetero) is 1. The molecule has 1 amide bonds. The number of methoxy groups -OCH3 is 3. The molecular weight excluding hydrogens is 438 g/mol. The van der Waals surface area contributed by atoms with Crippen molar-refractivity contribution in [1.29, 1.82) is 0 Å². The lowest BCUT2D eigenvalue weighted by atomic mass is 9.99. The fourth-order valence-electron chi connectivity index (χ4n) is 4.09. The molecule has 2 aromatic carbocycles. The molecule has 1 fully saturated rings. The third-order valence-corrected chi connectivity index (χ3v) is 6.12. The molecule has 0 aromatic heterocycles. The highest BCUT2D eigenvalue weighted by Crippen LogP contribution is 2.40. The maximum Gasteiger partial charge on any atom is 0.260 e. The molecule has 2 heterocycles. The summed E-state index contributed by atoms with van der Waals surface area (Å²) < 4.78 is 27.6. The second-order valence-electron chi connectivity index (χ2n) is 8.41. The Balaban J connectivity index is 1.47. The van der Waals surface area contributed by atoms with Gasteiger partial charge in [-0.2, -0.15) is 0 Å². The summed E-state index contributed by atoms with van der Waals surface area (Å²) in [5, 5.41) is 0. The van der Waals surface area contributed by atoms with Crippen molar-refractivity contribution in [3.8, 4) is 28.7 Å². The lowest BCUT2D eigenvalue weighted by molar-refractivity contribution is -0.134. The van der Waals surface area contributed by atoms with Gasteiger partial charge in [0.25, 0.3) is 5.91 Å². The second kappa shape index (κ2) is 10.1. The SMILES string of the molecule is COc1cc(C=C2Oc3cc(OCC(=O)N4CCC(C)CC4)ccc3C2=O)cc(OC)c1OC. The first-order valence-electron chi connectivity index (χ1n) is 11.2. The number of ketones is 1. The number of carbonyl (C=O) groups is 2. The molecule has 2 aliphatic heterocycles. The van der Waals surface area contributed by atoms with Gasteiger partial charge in [0.1, 0.15) is 11.5 Å². The number of hydrogen-bond acceptors (Lipinski definition) is 7. The van der Waals surface area contributed by atoms with Crippen LogP contribution in [0.15, 0.2) is 36.1 Å². The fraction of sp³-hybridized carbons (Fsp3) is 0.385. The topological polar surface area (TPSA) is 83.5 Å². The molecule has 0 bridgehead atoms. The number of benzene rings is 2. The molecule has 34 heavy (non-hydrogen) atoms. The van der Waals surface area contributed by atoms with Gasteiger partial charge in [0.05, 0.1) is 26.9 Å². The predicted octanol–water partition coefficient (Wildman–Crippen LogP) is 3.97. The Morgan fingerprint density at radius 3 is 2.35 bits per heavy atom. The van der Waals surface area contributed by atoms with E-state index in [1.54, 1.807) is 36.4 Å². The molecule has 1 saturated heterocycles. The molecule has 0 aliphatic carbocycles. The molecule has 0 atom stereocenters. The summed E-state index contributed by atoms with van der Waals surface area (Å²) in [5.74, 6) is 2.81. The molecule has 0 unspecified atom stereocenters. The average Bonchev–Trinajstić information content (AvgIpc) is 3.16. The van der Waals surface area contributed by atoms with Gasteiger partial charge in [-0.05, 0) is 54.7 Å². The van der Waals surface area contributed by atoms with Crippen LogP contribution in [0.2, 0.25) is 0 Å². The Morgan fingerprint density at radius 2 is 1.74 bits per heavy atom. The van der Waals surface area contributed by atoms with E-state index in [1.165, 1.54) is 21.3 Å². The van der Waals surface area contributed by atoms with Crippen molar-refractivity contribution in [2.75, 3.05) is 41.0 Å². The molecule has 0 saturated carbocycles. The largest absolute Gasteiger partial charge is 0.493 e. The van der Waals surface area contributed by atoms with Crippen LogP contribution in [0, 0.1) is 5.92 Å². The van der Waals surface area contributed by atoms with Gasteiger partial charge in [0.2, 0.25) is 11.5 Å². The Labute approximate surface area is 199 Å². The monoisotopic (exact) mass is 467 g/mol. The van der Waals surface area contributed by atoms with Gasteiger partial charge in [-0.15, -0.1) is 0 Å². The van der Waals surface area contributed by atoms with Gasteiger partial charge in [0.15, 0.2) is 23.9 Å². The number of ether oxygens (including phenoxy) is 5. The van der Waals surface area contributed by atoms with Crippen LogP contribution in [0.4, 0.5) is 0 Å². The Bertz CT molecular complexity index is 1090. The molecule has 0 spiro atoms. The van der Waals surface area contributed by atoms with E-state index in [-0.39, 0.29) is 24.1 Å². The van der Waals surface area contributed by atoms with Crippen LogP contribution >= 0.6 is 0 Å². The van der Waals surface area contributed by atoms with Gasteiger partial charge < -0.3 is 28.6 Å². The zero-order valence-electron chi connectivity index (χ0n) is 19.9. The Morgan fingerprint density at radius 1 is 1.06 bits per heavy atom. The predicted molar refractivity (Wildman–Crippen MR) is 126 cm³/mol. The highest BCUT2D eigenvalue weighted by molar-refractivity contribution is 6.14. The van der Waals surface area contributed by atoms with Crippen molar-refractivity contribution in [2.45, 2.75) is 19.8 Å². The van der Waals surface area contributed by atoms with Crippen LogP contribution in [0.25, 0.3) is 6.08 Å². The summed E-state index contributed by atoms with van der Waals surface area (Å²) in [5.41, 5.74) is 1.09. The Kier molecular flexibility index (Phi) is 6.95. The van der Waals surface area contributed by atoms with Crippen LogP contribution in [0.1, 0.15) is 35.7 Å². The maximum absolute atomic E-state index is 12.9. The molecule has 0 N–H and O–H groups in total. The highest BCUT2D eigenvalue weighted by atomic mass is 16.5.